The Morgan fingerprint density at radius 1 is 1.38 bits per heavy atom. The average molecular weight is 299 g/mol. The first-order valence-corrected chi connectivity index (χ1v) is 7.56. The second-order valence-corrected chi connectivity index (χ2v) is 6.13. The first-order chi connectivity index (χ1) is 10.0. The third-order valence-electron chi connectivity index (χ3n) is 4.45. The van der Waals surface area contributed by atoms with Crippen LogP contribution < -0.4 is 10.6 Å². The number of urea groups is 1. The van der Waals surface area contributed by atoms with Crippen molar-refractivity contribution in [3.05, 3.63) is 0 Å². The number of hydrogen-bond donors (Lipinski definition) is 3. The molecule has 1 unspecified atom stereocenters. The van der Waals surface area contributed by atoms with E-state index in [-0.39, 0.29) is 18.6 Å². The number of rotatable bonds is 4. The Morgan fingerprint density at radius 3 is 2.71 bits per heavy atom. The Morgan fingerprint density at radius 2 is 2.10 bits per heavy atom. The molecule has 2 fully saturated rings. The number of carboxylic acids is 1. The van der Waals surface area contributed by atoms with Crippen molar-refractivity contribution in [1.82, 2.24) is 15.5 Å². The highest BCUT2D eigenvalue weighted by molar-refractivity contribution is 5.78. The third kappa shape index (κ3) is 4.31. The number of aliphatic carboxylic acids is 1. The molecule has 2 aliphatic heterocycles. The minimum Gasteiger partial charge on any atom is -0.481 e. The summed E-state index contributed by atoms with van der Waals surface area (Å²) in [4.78, 5) is 25.6. The maximum Gasteiger partial charge on any atom is 0.315 e. The summed E-state index contributed by atoms with van der Waals surface area (Å²) in [6.45, 7) is 2.92. The zero-order valence-electron chi connectivity index (χ0n) is 12.6. The van der Waals surface area contributed by atoms with Gasteiger partial charge < -0.3 is 25.4 Å². The number of likely N-dealkylation sites (tertiary alicyclic amines) is 1. The van der Waals surface area contributed by atoms with E-state index in [0.29, 0.717) is 26.1 Å². The molecular formula is C14H25N3O4. The van der Waals surface area contributed by atoms with Gasteiger partial charge in [0.05, 0.1) is 5.41 Å². The molecule has 21 heavy (non-hydrogen) atoms. The minimum absolute atomic E-state index is 0.138. The van der Waals surface area contributed by atoms with Gasteiger partial charge in [0.15, 0.2) is 0 Å². The van der Waals surface area contributed by atoms with Crippen molar-refractivity contribution in [3.8, 4) is 0 Å². The molecule has 2 aliphatic rings. The van der Waals surface area contributed by atoms with Crippen LogP contribution in [0, 0.1) is 5.41 Å². The predicted octanol–water partition coefficient (Wildman–Crippen LogP) is 0.261. The zero-order chi connectivity index (χ0) is 15.3. The van der Waals surface area contributed by atoms with Gasteiger partial charge in [-0.05, 0) is 39.3 Å². The largest absolute Gasteiger partial charge is 0.481 e. The highest BCUT2D eigenvalue weighted by Gasteiger charge is 2.40. The van der Waals surface area contributed by atoms with Gasteiger partial charge in [-0.3, -0.25) is 4.79 Å². The zero-order valence-corrected chi connectivity index (χ0v) is 12.6. The molecule has 0 saturated carbocycles. The molecule has 2 amide bonds. The van der Waals surface area contributed by atoms with Gasteiger partial charge in [-0.1, -0.05) is 0 Å². The number of likely N-dealkylation sites (N-methyl/N-ethyl adjacent to an activating group) is 1. The molecule has 3 N–H and O–H groups in total. The van der Waals surface area contributed by atoms with Crippen LogP contribution in [0.25, 0.3) is 0 Å². The molecule has 2 rings (SSSR count). The average Bonchev–Trinajstić information content (AvgIpc) is 2.46. The Balaban J connectivity index is 1.80. The standard InChI is InChI=1S/C14H25N3O4/c1-17-6-2-3-11(9-17)16-13(20)15-10-14(12(18)19)4-7-21-8-5-14/h11H,2-10H2,1H3,(H,18,19)(H2,15,16,20). The second-order valence-electron chi connectivity index (χ2n) is 6.13. The van der Waals surface area contributed by atoms with Gasteiger partial charge in [-0.25, -0.2) is 4.79 Å². The molecule has 2 heterocycles. The summed E-state index contributed by atoms with van der Waals surface area (Å²) >= 11 is 0. The van der Waals surface area contributed by atoms with Crippen molar-refractivity contribution in [2.75, 3.05) is 39.9 Å². The Bertz CT molecular complexity index is 382. The number of carbonyl (C=O) groups excluding carboxylic acids is 1. The van der Waals surface area contributed by atoms with Crippen LogP contribution in [0.2, 0.25) is 0 Å². The summed E-state index contributed by atoms with van der Waals surface area (Å²) in [5, 5.41) is 15.1. The van der Waals surface area contributed by atoms with Crippen molar-refractivity contribution in [2.24, 2.45) is 5.41 Å². The van der Waals surface area contributed by atoms with Crippen LogP contribution >= 0.6 is 0 Å². The number of hydrogen-bond acceptors (Lipinski definition) is 4. The molecule has 0 spiro atoms. The van der Waals surface area contributed by atoms with E-state index < -0.39 is 11.4 Å². The first-order valence-electron chi connectivity index (χ1n) is 7.56. The van der Waals surface area contributed by atoms with E-state index in [4.69, 9.17) is 4.74 Å². The first kappa shape index (κ1) is 16.0. The fraction of sp³-hybridized carbons (Fsp3) is 0.857. The van der Waals surface area contributed by atoms with E-state index in [1.165, 1.54) is 0 Å². The molecule has 2 saturated heterocycles. The van der Waals surface area contributed by atoms with Crippen LogP contribution in [0.4, 0.5) is 4.79 Å². The Labute approximate surface area is 125 Å². The molecule has 7 heteroatoms. The van der Waals surface area contributed by atoms with Crippen LogP contribution in [0.5, 0.6) is 0 Å². The van der Waals surface area contributed by atoms with E-state index in [2.05, 4.69) is 15.5 Å². The molecule has 7 nitrogen and oxygen atoms in total. The van der Waals surface area contributed by atoms with Crippen molar-refractivity contribution < 1.29 is 19.4 Å². The number of nitrogens with one attached hydrogen (secondary N) is 2. The molecule has 0 bridgehead atoms. The molecule has 0 aromatic carbocycles. The van der Waals surface area contributed by atoms with Gasteiger partial charge in [-0.15, -0.1) is 0 Å². The molecule has 120 valence electrons. The monoisotopic (exact) mass is 299 g/mol. The molecule has 0 aromatic heterocycles. The van der Waals surface area contributed by atoms with Crippen LogP contribution in [-0.2, 0) is 9.53 Å². The van der Waals surface area contributed by atoms with E-state index in [1.54, 1.807) is 0 Å². The normalized spacial score (nSPS) is 26.0. The quantitative estimate of drug-likeness (QED) is 0.693. The van der Waals surface area contributed by atoms with Gasteiger partial charge in [0.25, 0.3) is 0 Å². The predicted molar refractivity (Wildman–Crippen MR) is 77.2 cm³/mol. The molecular weight excluding hydrogens is 274 g/mol. The number of amides is 2. The molecule has 0 aromatic rings. The van der Waals surface area contributed by atoms with E-state index in [0.717, 1.165) is 25.9 Å². The molecule has 1 atom stereocenters. The van der Waals surface area contributed by atoms with E-state index >= 15 is 0 Å². The number of carbonyl (C=O) groups is 2. The van der Waals surface area contributed by atoms with Gasteiger partial charge in [0.2, 0.25) is 0 Å². The smallest absolute Gasteiger partial charge is 0.315 e. The lowest BCUT2D eigenvalue weighted by Gasteiger charge is -2.34. The summed E-state index contributed by atoms with van der Waals surface area (Å²) in [6.07, 6.45) is 2.91. The van der Waals surface area contributed by atoms with Crippen LogP contribution in [0.15, 0.2) is 0 Å². The van der Waals surface area contributed by atoms with Crippen molar-refractivity contribution in [2.45, 2.75) is 31.7 Å². The van der Waals surface area contributed by atoms with E-state index in [1.807, 2.05) is 7.05 Å². The lowest BCUT2D eigenvalue weighted by atomic mass is 9.80. The maximum atomic E-state index is 12.0. The fourth-order valence-corrected chi connectivity index (χ4v) is 3.00. The summed E-state index contributed by atoms with van der Waals surface area (Å²) in [5.41, 5.74) is -0.890. The Kier molecular flexibility index (Phi) is 5.41. The van der Waals surface area contributed by atoms with E-state index in [9.17, 15) is 14.7 Å². The lowest BCUT2D eigenvalue weighted by Crippen LogP contribution is -2.53. The van der Waals surface area contributed by atoms with Gasteiger partial charge in [0.1, 0.15) is 0 Å². The van der Waals surface area contributed by atoms with Crippen molar-refractivity contribution in [1.29, 1.82) is 0 Å². The topological polar surface area (TPSA) is 90.9 Å². The van der Waals surface area contributed by atoms with Crippen LogP contribution in [-0.4, -0.2) is 67.9 Å². The SMILES string of the molecule is CN1CCCC(NC(=O)NCC2(C(=O)O)CCOCC2)C1. The van der Waals surface area contributed by atoms with Crippen molar-refractivity contribution in [3.63, 3.8) is 0 Å². The third-order valence-corrected chi connectivity index (χ3v) is 4.45. The van der Waals surface area contributed by atoms with Crippen LogP contribution in [0.1, 0.15) is 25.7 Å². The lowest BCUT2D eigenvalue weighted by molar-refractivity contribution is -0.154. The number of nitrogens with zero attached hydrogens (tertiary/aromatic N) is 1. The van der Waals surface area contributed by atoms with Gasteiger partial charge in [0, 0.05) is 32.3 Å². The highest BCUT2D eigenvalue weighted by Crippen LogP contribution is 2.30. The second kappa shape index (κ2) is 7.09. The van der Waals surface area contributed by atoms with Crippen LogP contribution in [0.3, 0.4) is 0 Å². The van der Waals surface area contributed by atoms with Gasteiger partial charge in [-0.2, -0.15) is 0 Å². The molecule has 0 radical (unpaired) electrons. The maximum absolute atomic E-state index is 12.0. The number of carboxylic acid groups (broad SMARTS) is 1. The highest BCUT2D eigenvalue weighted by atomic mass is 16.5. The van der Waals surface area contributed by atoms with Crippen molar-refractivity contribution >= 4 is 12.0 Å². The molecule has 0 aliphatic carbocycles. The minimum atomic E-state index is -0.890. The summed E-state index contributed by atoms with van der Waals surface area (Å²) in [5.74, 6) is -0.858. The summed E-state index contributed by atoms with van der Waals surface area (Å²) in [7, 11) is 2.03. The van der Waals surface area contributed by atoms with Gasteiger partial charge >= 0.3 is 12.0 Å². The summed E-state index contributed by atoms with van der Waals surface area (Å²) < 4.78 is 5.22. The fourth-order valence-electron chi connectivity index (χ4n) is 3.00. The Hall–Kier alpha value is -1.34. The summed E-state index contributed by atoms with van der Waals surface area (Å²) in [6, 6.07) is -0.137. The number of ether oxygens (including phenoxy) is 1. The number of piperidine rings is 1.